The van der Waals surface area contributed by atoms with Crippen LogP contribution in [0.3, 0.4) is 0 Å². The molecule has 1 aliphatic rings. The molecule has 2 aromatic carbocycles. The number of thiocarbonyl (C=S) groups is 1. The number of hydrogen-bond acceptors (Lipinski definition) is 5. The number of anilines is 1. The monoisotopic (exact) mass is 474 g/mol. The van der Waals surface area contributed by atoms with Gasteiger partial charge < -0.3 is 4.90 Å². The Morgan fingerprint density at radius 3 is 2.39 bits per heavy atom. The minimum absolute atomic E-state index is 0.247. The number of carbonyl (C=O) groups is 2. The van der Waals surface area contributed by atoms with Crippen molar-refractivity contribution in [2.45, 2.75) is 13.8 Å². The van der Waals surface area contributed by atoms with Crippen molar-refractivity contribution >= 4 is 67.8 Å². The lowest BCUT2D eigenvalue weighted by molar-refractivity contribution is -0.120. The van der Waals surface area contributed by atoms with Crippen LogP contribution in [0.25, 0.3) is 6.08 Å². The van der Waals surface area contributed by atoms with E-state index in [-0.39, 0.29) is 10.2 Å². The van der Waals surface area contributed by atoms with E-state index < -0.39 is 5.91 Å². The Morgan fingerprint density at radius 1 is 1.14 bits per heavy atom. The molecule has 2 amide bonds. The summed E-state index contributed by atoms with van der Waals surface area (Å²) < 4.78 is 0.877. The van der Waals surface area contributed by atoms with Gasteiger partial charge in [-0.05, 0) is 65.7 Å². The molecule has 1 aliphatic heterocycles. The summed E-state index contributed by atoms with van der Waals surface area (Å²) in [4.78, 5) is 29.4. The third-order valence-corrected chi connectivity index (χ3v) is 6.41. The molecule has 4 nitrogen and oxygen atoms in total. The van der Waals surface area contributed by atoms with Crippen molar-refractivity contribution in [1.82, 2.24) is 4.90 Å². The van der Waals surface area contributed by atoms with Crippen molar-refractivity contribution in [3.63, 3.8) is 0 Å². The summed E-state index contributed by atoms with van der Waals surface area (Å²) in [5, 5.41) is 0. The van der Waals surface area contributed by atoms with Crippen LogP contribution in [0, 0.1) is 0 Å². The number of halogens is 1. The highest BCUT2D eigenvalue weighted by atomic mass is 79.9. The van der Waals surface area contributed by atoms with Crippen LogP contribution < -0.4 is 4.90 Å². The van der Waals surface area contributed by atoms with Crippen molar-refractivity contribution < 1.29 is 9.59 Å². The van der Waals surface area contributed by atoms with Gasteiger partial charge in [0, 0.05) is 23.2 Å². The Kier molecular flexibility index (Phi) is 6.69. The first-order valence-corrected chi connectivity index (χ1v) is 10.9. The van der Waals surface area contributed by atoms with Gasteiger partial charge in [0.2, 0.25) is 0 Å². The molecule has 0 aromatic heterocycles. The second-order valence-corrected chi connectivity index (χ2v) is 8.60. The second-order valence-electron chi connectivity index (χ2n) is 6.07. The van der Waals surface area contributed by atoms with E-state index in [0.29, 0.717) is 14.9 Å². The van der Waals surface area contributed by atoms with Gasteiger partial charge in [0.1, 0.15) is 0 Å². The molecule has 0 saturated carbocycles. The fourth-order valence-electron chi connectivity index (χ4n) is 2.92. The molecule has 1 saturated heterocycles. The molecule has 0 aliphatic carbocycles. The maximum atomic E-state index is 12.8. The molecular weight excluding hydrogens is 456 g/mol. The first-order valence-electron chi connectivity index (χ1n) is 8.88. The van der Waals surface area contributed by atoms with Gasteiger partial charge in [-0.2, -0.15) is 0 Å². The van der Waals surface area contributed by atoms with Gasteiger partial charge in [0.05, 0.1) is 10.5 Å². The average molecular weight is 475 g/mol. The quantitative estimate of drug-likeness (QED) is 0.332. The Morgan fingerprint density at radius 2 is 1.79 bits per heavy atom. The SMILES string of the molecule is CCN(CC)c1ccc(/C=C2/SC(=S)N(C(=O)c3ccccc3Br)C2=O)cc1. The van der Waals surface area contributed by atoms with Crippen molar-refractivity contribution in [2.75, 3.05) is 18.0 Å². The zero-order valence-electron chi connectivity index (χ0n) is 15.5. The van der Waals surface area contributed by atoms with Gasteiger partial charge in [-0.1, -0.05) is 48.2 Å². The van der Waals surface area contributed by atoms with E-state index in [0.717, 1.165) is 41.0 Å². The Bertz CT molecular complexity index is 953. The molecule has 0 atom stereocenters. The van der Waals surface area contributed by atoms with E-state index in [2.05, 4.69) is 34.7 Å². The average Bonchev–Trinajstić information content (AvgIpc) is 2.97. The summed E-state index contributed by atoms with van der Waals surface area (Å²) >= 11 is 9.80. The van der Waals surface area contributed by atoms with Gasteiger partial charge >= 0.3 is 0 Å². The molecule has 0 bridgehead atoms. The first kappa shape index (κ1) is 20.8. The predicted molar refractivity (Wildman–Crippen MR) is 123 cm³/mol. The molecule has 1 fully saturated rings. The minimum Gasteiger partial charge on any atom is -0.372 e. The highest BCUT2D eigenvalue weighted by molar-refractivity contribution is 9.10. The molecule has 7 heteroatoms. The fraction of sp³-hybridized carbons (Fsp3) is 0.190. The third-order valence-electron chi connectivity index (χ3n) is 4.42. The molecular formula is C21H19BrN2O2S2. The highest BCUT2D eigenvalue weighted by Crippen LogP contribution is 2.34. The molecule has 1 heterocycles. The van der Waals surface area contributed by atoms with Crippen molar-refractivity contribution in [1.29, 1.82) is 0 Å². The van der Waals surface area contributed by atoms with Crippen LogP contribution in [0.2, 0.25) is 0 Å². The zero-order chi connectivity index (χ0) is 20.3. The number of rotatable bonds is 5. The van der Waals surface area contributed by atoms with E-state index in [1.165, 1.54) is 0 Å². The lowest BCUT2D eigenvalue weighted by Crippen LogP contribution is -2.34. The van der Waals surface area contributed by atoms with Crippen LogP contribution in [-0.2, 0) is 4.79 Å². The fourth-order valence-corrected chi connectivity index (χ4v) is 4.63. The number of benzene rings is 2. The Hall–Kier alpha value is -1.96. The summed E-state index contributed by atoms with van der Waals surface area (Å²) in [6.07, 6.45) is 1.78. The molecule has 144 valence electrons. The molecule has 2 aromatic rings. The van der Waals surface area contributed by atoms with Crippen molar-refractivity contribution in [3.8, 4) is 0 Å². The highest BCUT2D eigenvalue weighted by Gasteiger charge is 2.37. The molecule has 0 radical (unpaired) electrons. The predicted octanol–water partition coefficient (Wildman–Crippen LogP) is 5.34. The summed E-state index contributed by atoms with van der Waals surface area (Å²) in [7, 11) is 0. The summed E-state index contributed by atoms with van der Waals surface area (Å²) in [5.74, 6) is -0.807. The molecule has 0 unspecified atom stereocenters. The first-order chi connectivity index (χ1) is 13.5. The number of thioether (sulfide) groups is 1. The largest absolute Gasteiger partial charge is 0.372 e. The van der Waals surface area contributed by atoms with Gasteiger partial charge in [0.15, 0.2) is 4.32 Å². The van der Waals surface area contributed by atoms with Crippen molar-refractivity contribution in [2.24, 2.45) is 0 Å². The lowest BCUT2D eigenvalue weighted by atomic mass is 10.1. The van der Waals surface area contributed by atoms with Crippen LogP contribution in [0.15, 0.2) is 57.9 Å². The number of carbonyl (C=O) groups excluding carboxylic acids is 2. The summed E-state index contributed by atoms with van der Waals surface area (Å²) in [6.45, 7) is 6.10. The van der Waals surface area contributed by atoms with E-state index in [4.69, 9.17) is 12.2 Å². The van der Waals surface area contributed by atoms with Crippen LogP contribution >= 0.6 is 39.9 Å². The number of nitrogens with zero attached hydrogens (tertiary/aromatic N) is 2. The minimum atomic E-state index is -0.421. The normalized spacial score (nSPS) is 15.4. The molecule has 0 spiro atoms. The van der Waals surface area contributed by atoms with Crippen LogP contribution in [0.4, 0.5) is 5.69 Å². The summed E-state index contributed by atoms with van der Waals surface area (Å²) in [5.41, 5.74) is 2.44. The van der Waals surface area contributed by atoms with Gasteiger partial charge in [-0.15, -0.1) is 0 Å². The molecule has 3 rings (SSSR count). The van der Waals surface area contributed by atoms with Gasteiger partial charge in [-0.25, -0.2) is 4.90 Å². The van der Waals surface area contributed by atoms with E-state index in [1.807, 2.05) is 30.3 Å². The third kappa shape index (κ3) is 4.21. The maximum absolute atomic E-state index is 12.8. The number of amides is 2. The van der Waals surface area contributed by atoms with E-state index in [1.54, 1.807) is 24.3 Å². The standard InChI is InChI=1S/C21H19BrN2O2S2/c1-3-23(4-2)15-11-9-14(10-12-15)13-18-20(26)24(21(27)28-18)19(25)16-7-5-6-8-17(16)22/h5-13H,3-4H2,1-2H3/b18-13+. The maximum Gasteiger partial charge on any atom is 0.273 e. The van der Waals surface area contributed by atoms with Crippen LogP contribution in [0.1, 0.15) is 29.8 Å². The van der Waals surface area contributed by atoms with Gasteiger partial charge in [-0.3, -0.25) is 9.59 Å². The Balaban J connectivity index is 1.83. The van der Waals surface area contributed by atoms with E-state index in [9.17, 15) is 9.59 Å². The van der Waals surface area contributed by atoms with Crippen LogP contribution in [-0.4, -0.2) is 34.1 Å². The second kappa shape index (κ2) is 9.03. The van der Waals surface area contributed by atoms with E-state index >= 15 is 0 Å². The Labute approximate surface area is 182 Å². The van der Waals surface area contributed by atoms with Gasteiger partial charge in [0.25, 0.3) is 11.8 Å². The lowest BCUT2D eigenvalue weighted by Gasteiger charge is -2.20. The number of hydrogen-bond donors (Lipinski definition) is 0. The molecule has 0 N–H and O–H groups in total. The zero-order valence-corrected chi connectivity index (χ0v) is 18.7. The van der Waals surface area contributed by atoms with Crippen molar-refractivity contribution in [3.05, 3.63) is 69.0 Å². The summed E-state index contributed by atoms with van der Waals surface area (Å²) in [6, 6.07) is 15.0. The topological polar surface area (TPSA) is 40.6 Å². The smallest absolute Gasteiger partial charge is 0.273 e. The number of imide groups is 1. The van der Waals surface area contributed by atoms with Crippen LogP contribution in [0.5, 0.6) is 0 Å². The molecule has 28 heavy (non-hydrogen) atoms.